The summed E-state index contributed by atoms with van der Waals surface area (Å²) in [5.74, 6) is 1.02. The van der Waals surface area contributed by atoms with Gasteiger partial charge in [0.05, 0.1) is 6.10 Å². The minimum absolute atomic E-state index is 0.118. The standard InChI is InChI=1S/C8H15O.BrH.Mg/c1-7-3-5-8(9-2)6-4-7;;/h7-8H,1,3-6H2,2H3;1H;/q;;+1/p-1. The third kappa shape index (κ3) is 3.62. The first kappa shape index (κ1) is 10.3. The summed E-state index contributed by atoms with van der Waals surface area (Å²) < 4.78 is 6.80. The van der Waals surface area contributed by atoms with Gasteiger partial charge in [-0.25, -0.2) is 0 Å². The summed E-state index contributed by atoms with van der Waals surface area (Å²) in [6.07, 6.45) is 5.96. The van der Waals surface area contributed by atoms with Crippen molar-refractivity contribution < 1.29 is 4.74 Å². The van der Waals surface area contributed by atoms with Gasteiger partial charge in [0.25, 0.3) is 0 Å². The van der Waals surface area contributed by atoms with Crippen molar-refractivity contribution in [3.8, 4) is 0 Å². The zero-order valence-corrected chi connectivity index (χ0v) is 10.2. The number of hydrogen-bond donors (Lipinski definition) is 0. The zero-order valence-electron chi connectivity index (χ0n) is 7.18. The molecule has 0 amide bonds. The molecule has 0 bridgehead atoms. The highest BCUT2D eigenvalue weighted by Crippen LogP contribution is 2.28. The van der Waals surface area contributed by atoms with Crippen molar-refractivity contribution >= 4 is 31.1 Å². The molecule has 1 aliphatic carbocycles. The number of halogens is 1. The maximum atomic E-state index is 5.32. The van der Waals surface area contributed by atoms with Gasteiger partial charge >= 0.3 is 18.2 Å². The fourth-order valence-electron chi connectivity index (χ4n) is 1.81. The van der Waals surface area contributed by atoms with Gasteiger partial charge in [0.1, 0.15) is 0 Å². The minimum Gasteiger partial charge on any atom is -0.381 e. The Morgan fingerprint density at radius 3 is 2.45 bits per heavy atom. The topological polar surface area (TPSA) is 9.23 Å². The molecular formula is C8H15BrMgO. The number of methoxy groups -OCH3 is 1. The molecule has 11 heavy (non-hydrogen) atoms. The molecule has 0 aromatic carbocycles. The van der Waals surface area contributed by atoms with Gasteiger partial charge < -0.3 is 17.6 Å². The molecule has 0 aromatic rings. The predicted molar refractivity (Wildman–Crippen MR) is 52.2 cm³/mol. The fraction of sp³-hybridized carbons (Fsp3) is 1.00. The largest absolute Gasteiger partial charge is 0.468 e. The van der Waals surface area contributed by atoms with Crippen molar-refractivity contribution in [1.82, 2.24) is 0 Å². The van der Waals surface area contributed by atoms with E-state index in [2.05, 4.69) is 12.9 Å². The molecule has 1 fully saturated rings. The first-order valence-corrected chi connectivity index (χ1v) is 9.35. The summed E-state index contributed by atoms with van der Waals surface area (Å²) in [5, 5.41) is 0. The average molecular weight is 231 g/mol. The molecule has 1 aliphatic rings. The highest BCUT2D eigenvalue weighted by Gasteiger charge is 2.19. The van der Waals surface area contributed by atoms with Gasteiger partial charge in [-0.05, 0) is 12.8 Å². The average Bonchev–Trinajstić information content (AvgIpc) is 2.07. The summed E-state index contributed by atoms with van der Waals surface area (Å²) in [5.41, 5.74) is 0. The van der Waals surface area contributed by atoms with E-state index in [1.54, 1.807) is 0 Å². The van der Waals surface area contributed by atoms with Gasteiger partial charge in [0.15, 0.2) is 0 Å². The van der Waals surface area contributed by atoms with Gasteiger partial charge in [-0.15, -0.1) is 4.55 Å². The molecule has 62 valence electrons. The molecule has 0 aromatic heterocycles. The van der Waals surface area contributed by atoms with Crippen LogP contribution in [0.4, 0.5) is 0 Å². The quantitative estimate of drug-likeness (QED) is 0.679. The van der Waals surface area contributed by atoms with Gasteiger partial charge in [-0.2, -0.15) is 0 Å². The second-order valence-corrected chi connectivity index (χ2v) is 6.69. The lowest BCUT2D eigenvalue weighted by molar-refractivity contribution is 0.0594. The third-order valence-corrected chi connectivity index (χ3v) is 5.05. The molecule has 0 aliphatic heterocycles. The Kier molecular flexibility index (Phi) is 5.41. The van der Waals surface area contributed by atoms with Gasteiger partial charge in [-0.1, -0.05) is 18.8 Å². The number of rotatable bonds is 3. The highest BCUT2D eigenvalue weighted by molar-refractivity contribution is 9.23. The van der Waals surface area contributed by atoms with Crippen LogP contribution in [-0.2, 0) is 4.74 Å². The van der Waals surface area contributed by atoms with Crippen molar-refractivity contribution in [2.24, 2.45) is 5.92 Å². The predicted octanol–water partition coefficient (Wildman–Crippen LogP) is 2.62. The molecule has 0 saturated heterocycles. The van der Waals surface area contributed by atoms with E-state index in [1.165, 1.54) is 30.2 Å². The molecule has 1 rings (SSSR count). The molecule has 0 heterocycles. The summed E-state index contributed by atoms with van der Waals surface area (Å²) in [6, 6.07) is 0. The molecule has 1 nitrogen and oxygen atoms in total. The van der Waals surface area contributed by atoms with Gasteiger partial charge in [0, 0.05) is 7.11 Å². The van der Waals surface area contributed by atoms with Gasteiger partial charge in [-0.3, -0.25) is 0 Å². The lowest BCUT2D eigenvalue weighted by Crippen LogP contribution is -2.20. The first-order chi connectivity index (χ1) is 5.36. The van der Waals surface area contributed by atoms with Crippen LogP contribution in [0.2, 0.25) is 4.55 Å². The van der Waals surface area contributed by atoms with E-state index >= 15 is 0 Å². The van der Waals surface area contributed by atoms with E-state index < -0.39 is 0 Å². The second kappa shape index (κ2) is 5.78. The Morgan fingerprint density at radius 2 is 2.00 bits per heavy atom. The van der Waals surface area contributed by atoms with Crippen molar-refractivity contribution in [1.29, 1.82) is 0 Å². The van der Waals surface area contributed by atoms with Crippen molar-refractivity contribution in [2.45, 2.75) is 36.3 Å². The van der Waals surface area contributed by atoms with E-state index in [-0.39, 0.29) is 18.2 Å². The molecule has 0 atom stereocenters. The maximum absolute atomic E-state index is 5.32. The van der Waals surface area contributed by atoms with Crippen molar-refractivity contribution in [3.05, 3.63) is 0 Å². The van der Waals surface area contributed by atoms with Crippen LogP contribution in [-0.4, -0.2) is 31.4 Å². The van der Waals surface area contributed by atoms with Crippen LogP contribution in [0.3, 0.4) is 0 Å². The monoisotopic (exact) mass is 230 g/mol. The molecule has 0 spiro atoms. The second-order valence-electron chi connectivity index (χ2n) is 3.36. The molecule has 0 unspecified atom stereocenters. The van der Waals surface area contributed by atoms with E-state index in [9.17, 15) is 0 Å². The van der Waals surface area contributed by atoms with Crippen molar-refractivity contribution in [3.63, 3.8) is 0 Å². The highest BCUT2D eigenvalue weighted by atomic mass is 79.9. The normalized spacial score (nSPS) is 31.5. The van der Waals surface area contributed by atoms with Crippen molar-refractivity contribution in [2.75, 3.05) is 7.11 Å². The van der Waals surface area contributed by atoms with E-state index in [4.69, 9.17) is 4.74 Å². The Labute approximate surface area is 84.9 Å². The van der Waals surface area contributed by atoms with Crippen LogP contribution in [0.25, 0.3) is 0 Å². The van der Waals surface area contributed by atoms with E-state index in [0.717, 1.165) is 5.92 Å². The summed E-state index contributed by atoms with van der Waals surface area (Å²) >= 11 is 3.74. The first-order valence-electron chi connectivity index (χ1n) is 4.45. The fourth-order valence-corrected chi connectivity index (χ4v) is 4.64. The summed E-state index contributed by atoms with van der Waals surface area (Å²) in [4.78, 5) is 0. The minimum atomic E-state index is 0.118. The van der Waals surface area contributed by atoms with Crippen LogP contribution >= 0.6 is 12.9 Å². The van der Waals surface area contributed by atoms with Crippen LogP contribution < -0.4 is 0 Å². The van der Waals surface area contributed by atoms with E-state index in [0.29, 0.717) is 6.10 Å². The number of ether oxygens (including phenoxy) is 1. The van der Waals surface area contributed by atoms with Gasteiger partial charge in [0.2, 0.25) is 0 Å². The van der Waals surface area contributed by atoms with Crippen LogP contribution in [0.5, 0.6) is 0 Å². The zero-order chi connectivity index (χ0) is 8.10. The summed E-state index contributed by atoms with van der Waals surface area (Å²) in [7, 11) is 1.84. The number of hydrogen-bond acceptors (Lipinski definition) is 1. The molecule has 0 N–H and O–H groups in total. The maximum Gasteiger partial charge on any atom is 0.468 e. The van der Waals surface area contributed by atoms with Crippen LogP contribution in [0, 0.1) is 5.92 Å². The molecule has 0 radical (unpaired) electrons. The Balaban J connectivity index is 2.14. The Hall–Kier alpha value is 1.21. The van der Waals surface area contributed by atoms with Crippen LogP contribution in [0.1, 0.15) is 25.7 Å². The summed E-state index contributed by atoms with van der Waals surface area (Å²) in [6.45, 7) is 0. The molecule has 3 heteroatoms. The molecular weight excluding hydrogens is 216 g/mol. The lowest BCUT2D eigenvalue weighted by Gasteiger charge is -2.27. The lowest BCUT2D eigenvalue weighted by atomic mass is 9.89. The smallest absolute Gasteiger partial charge is 0.381 e. The Bertz CT molecular complexity index is 102. The van der Waals surface area contributed by atoms with E-state index in [1.807, 2.05) is 7.11 Å². The van der Waals surface area contributed by atoms with Crippen LogP contribution in [0.15, 0.2) is 0 Å². The SMILES string of the molecule is COC1CCC([CH2][Mg][Br])CC1. The Morgan fingerprint density at radius 1 is 1.36 bits per heavy atom. The molecule has 1 saturated carbocycles. The third-order valence-electron chi connectivity index (χ3n) is 2.64.